The van der Waals surface area contributed by atoms with Crippen molar-refractivity contribution in [3.05, 3.63) is 87.3 Å². The summed E-state index contributed by atoms with van der Waals surface area (Å²) >= 11 is 6.72. The van der Waals surface area contributed by atoms with Crippen LogP contribution in [0.5, 0.6) is 5.75 Å². The van der Waals surface area contributed by atoms with E-state index in [-0.39, 0.29) is 4.90 Å². The molecular weight excluding hydrogens is 562 g/mol. The second kappa shape index (κ2) is 10.8. The topological polar surface area (TPSA) is 88.1 Å². The molecule has 0 heterocycles. The Labute approximate surface area is 203 Å². The molecule has 1 amide bonds. The van der Waals surface area contributed by atoms with Crippen LogP contribution < -0.4 is 14.5 Å². The first kappa shape index (κ1) is 24.0. The van der Waals surface area contributed by atoms with Gasteiger partial charge in [-0.05, 0) is 48.5 Å². The van der Waals surface area contributed by atoms with Crippen LogP contribution in [0.3, 0.4) is 0 Å². The van der Waals surface area contributed by atoms with Crippen LogP contribution in [-0.2, 0) is 14.8 Å². The maximum absolute atomic E-state index is 13.3. The lowest BCUT2D eigenvalue weighted by molar-refractivity contribution is -0.119. The second-order valence-corrected chi connectivity index (χ2v) is 10.2. The summed E-state index contributed by atoms with van der Waals surface area (Å²) in [7, 11) is -2.45. The molecule has 3 aromatic rings. The molecule has 0 fully saturated rings. The van der Waals surface area contributed by atoms with Crippen molar-refractivity contribution in [2.75, 3.05) is 18.0 Å². The number of amides is 1. The maximum atomic E-state index is 13.3. The van der Waals surface area contributed by atoms with Crippen LogP contribution in [0.15, 0.2) is 91.7 Å². The van der Waals surface area contributed by atoms with Crippen LogP contribution in [0.1, 0.15) is 5.56 Å². The van der Waals surface area contributed by atoms with Crippen molar-refractivity contribution in [2.45, 2.75) is 4.90 Å². The normalized spacial score (nSPS) is 11.3. The molecule has 0 aliphatic heterocycles. The molecular formula is C22H19Br2N3O4S. The van der Waals surface area contributed by atoms with Crippen molar-refractivity contribution in [1.29, 1.82) is 0 Å². The number of benzene rings is 3. The minimum absolute atomic E-state index is 0.0788. The van der Waals surface area contributed by atoms with Gasteiger partial charge in [-0.25, -0.2) is 13.8 Å². The van der Waals surface area contributed by atoms with Gasteiger partial charge in [0.05, 0.1) is 23.9 Å². The molecule has 0 bridgehead atoms. The molecule has 0 saturated carbocycles. The van der Waals surface area contributed by atoms with Gasteiger partial charge in [-0.2, -0.15) is 5.10 Å². The Morgan fingerprint density at radius 1 is 1.03 bits per heavy atom. The first-order chi connectivity index (χ1) is 15.3. The fraction of sp³-hybridized carbons (Fsp3) is 0.0909. The molecule has 7 nitrogen and oxygen atoms in total. The van der Waals surface area contributed by atoms with Crippen molar-refractivity contribution in [2.24, 2.45) is 5.10 Å². The third-order valence-electron chi connectivity index (χ3n) is 4.30. The van der Waals surface area contributed by atoms with Gasteiger partial charge in [0.2, 0.25) is 0 Å². The summed E-state index contributed by atoms with van der Waals surface area (Å²) in [5.41, 5.74) is 3.37. The van der Waals surface area contributed by atoms with E-state index < -0.39 is 22.5 Å². The number of ether oxygens (including phenoxy) is 1. The average molecular weight is 581 g/mol. The van der Waals surface area contributed by atoms with Crippen LogP contribution in [0, 0.1) is 0 Å². The van der Waals surface area contributed by atoms with Gasteiger partial charge in [0.1, 0.15) is 12.3 Å². The highest BCUT2D eigenvalue weighted by Crippen LogP contribution is 2.26. The molecule has 3 rings (SSSR count). The molecule has 0 atom stereocenters. The number of rotatable bonds is 8. The predicted octanol–water partition coefficient (Wildman–Crippen LogP) is 4.57. The van der Waals surface area contributed by atoms with Crippen molar-refractivity contribution in [3.8, 4) is 5.75 Å². The number of carbonyl (C=O) groups excluding carboxylic acids is 1. The zero-order chi connectivity index (χ0) is 23.1. The zero-order valence-corrected chi connectivity index (χ0v) is 20.9. The third kappa shape index (κ3) is 5.96. The number of nitrogens with one attached hydrogen (secondary N) is 1. The predicted molar refractivity (Wildman–Crippen MR) is 132 cm³/mol. The first-order valence-corrected chi connectivity index (χ1v) is 12.3. The number of methoxy groups -OCH3 is 1. The molecule has 0 aliphatic rings. The molecule has 1 N–H and O–H groups in total. The second-order valence-electron chi connectivity index (χ2n) is 6.48. The van der Waals surface area contributed by atoms with Crippen LogP contribution in [-0.4, -0.2) is 34.2 Å². The van der Waals surface area contributed by atoms with Crippen molar-refractivity contribution < 1.29 is 17.9 Å². The maximum Gasteiger partial charge on any atom is 0.264 e. The summed E-state index contributed by atoms with van der Waals surface area (Å²) < 4.78 is 34.3. The van der Waals surface area contributed by atoms with E-state index in [4.69, 9.17) is 4.74 Å². The van der Waals surface area contributed by atoms with Crippen LogP contribution in [0.4, 0.5) is 5.69 Å². The van der Waals surface area contributed by atoms with Crippen LogP contribution in [0.25, 0.3) is 0 Å². The SMILES string of the molecule is COc1ccc(Br)cc1C=NNC(=O)CN(c1cccc(Br)c1)S(=O)(=O)c1ccccc1. The van der Waals surface area contributed by atoms with E-state index in [2.05, 4.69) is 42.4 Å². The zero-order valence-electron chi connectivity index (χ0n) is 16.9. The van der Waals surface area contributed by atoms with Gasteiger partial charge in [-0.3, -0.25) is 9.10 Å². The number of nitrogens with zero attached hydrogens (tertiary/aromatic N) is 2. The fourth-order valence-corrected chi connectivity index (χ4v) is 5.01. The van der Waals surface area contributed by atoms with Gasteiger partial charge in [-0.15, -0.1) is 0 Å². The summed E-state index contributed by atoms with van der Waals surface area (Å²) in [5, 5.41) is 3.95. The van der Waals surface area contributed by atoms with E-state index in [9.17, 15) is 13.2 Å². The number of halogens is 2. The molecule has 0 radical (unpaired) electrons. The minimum atomic E-state index is -3.99. The summed E-state index contributed by atoms with van der Waals surface area (Å²) in [6.07, 6.45) is 1.43. The number of hydrogen-bond donors (Lipinski definition) is 1. The van der Waals surface area contributed by atoms with Crippen molar-refractivity contribution >= 4 is 59.7 Å². The average Bonchev–Trinajstić information content (AvgIpc) is 2.78. The van der Waals surface area contributed by atoms with Gasteiger partial charge < -0.3 is 4.74 Å². The summed E-state index contributed by atoms with van der Waals surface area (Å²) in [6, 6.07) is 20.0. The Morgan fingerprint density at radius 3 is 2.44 bits per heavy atom. The van der Waals surface area contributed by atoms with Gasteiger partial charge in [0.15, 0.2) is 0 Å². The van der Waals surface area contributed by atoms with Crippen LogP contribution in [0.2, 0.25) is 0 Å². The highest BCUT2D eigenvalue weighted by molar-refractivity contribution is 9.10. The van der Waals surface area contributed by atoms with Crippen molar-refractivity contribution in [3.63, 3.8) is 0 Å². The van der Waals surface area contributed by atoms with E-state index in [0.29, 0.717) is 21.5 Å². The molecule has 3 aromatic carbocycles. The highest BCUT2D eigenvalue weighted by atomic mass is 79.9. The van der Waals surface area contributed by atoms with E-state index in [1.807, 2.05) is 6.07 Å². The molecule has 0 aromatic heterocycles. The molecule has 0 aliphatic carbocycles. The summed E-state index contributed by atoms with van der Waals surface area (Å²) in [4.78, 5) is 12.7. The summed E-state index contributed by atoms with van der Waals surface area (Å²) in [5.74, 6) is -0.0247. The quantitative estimate of drug-likeness (QED) is 0.312. The Morgan fingerprint density at radius 2 is 1.75 bits per heavy atom. The third-order valence-corrected chi connectivity index (χ3v) is 7.07. The first-order valence-electron chi connectivity index (χ1n) is 9.30. The minimum Gasteiger partial charge on any atom is -0.496 e. The Bertz CT molecular complexity index is 1230. The molecule has 10 heteroatoms. The molecule has 32 heavy (non-hydrogen) atoms. The largest absolute Gasteiger partial charge is 0.496 e. The van der Waals surface area contributed by atoms with E-state index >= 15 is 0 Å². The number of carbonyl (C=O) groups is 1. The fourth-order valence-electron chi connectivity index (χ4n) is 2.81. The van der Waals surface area contributed by atoms with Crippen LogP contribution >= 0.6 is 31.9 Å². The highest BCUT2D eigenvalue weighted by Gasteiger charge is 2.27. The molecule has 0 saturated heterocycles. The number of hydrogen-bond acceptors (Lipinski definition) is 5. The molecule has 0 unspecified atom stereocenters. The van der Waals surface area contributed by atoms with E-state index in [0.717, 1.165) is 8.78 Å². The van der Waals surface area contributed by atoms with Gasteiger partial charge >= 0.3 is 0 Å². The molecule has 166 valence electrons. The lowest BCUT2D eigenvalue weighted by Crippen LogP contribution is -2.39. The standard InChI is InChI=1S/C22H19Br2N3O4S/c1-31-21-11-10-18(24)12-16(21)14-25-26-22(28)15-27(19-7-5-6-17(23)13-19)32(29,30)20-8-3-2-4-9-20/h2-14H,15H2,1H3,(H,26,28). The van der Waals surface area contributed by atoms with Gasteiger partial charge in [0, 0.05) is 14.5 Å². The van der Waals surface area contributed by atoms with Crippen molar-refractivity contribution in [1.82, 2.24) is 5.43 Å². The van der Waals surface area contributed by atoms with Gasteiger partial charge in [-0.1, -0.05) is 56.1 Å². The van der Waals surface area contributed by atoms with E-state index in [1.54, 1.807) is 54.6 Å². The number of hydrazone groups is 1. The lowest BCUT2D eigenvalue weighted by Gasteiger charge is -2.23. The van der Waals surface area contributed by atoms with Gasteiger partial charge in [0.25, 0.3) is 15.9 Å². The smallest absolute Gasteiger partial charge is 0.264 e. The lowest BCUT2D eigenvalue weighted by atomic mass is 10.2. The number of sulfonamides is 1. The Kier molecular flexibility index (Phi) is 8.05. The monoisotopic (exact) mass is 579 g/mol. The molecule has 0 spiro atoms. The Balaban J connectivity index is 1.84. The summed E-state index contributed by atoms with van der Waals surface area (Å²) in [6.45, 7) is -0.458. The number of anilines is 1. The van der Waals surface area contributed by atoms with E-state index in [1.165, 1.54) is 25.5 Å². The Hall–Kier alpha value is -2.69.